The van der Waals surface area contributed by atoms with Gasteiger partial charge in [-0.3, -0.25) is 19.9 Å². The molecule has 0 radical (unpaired) electrons. The van der Waals surface area contributed by atoms with Crippen molar-refractivity contribution in [3.8, 4) is 68.3 Å². The van der Waals surface area contributed by atoms with Crippen molar-refractivity contribution in [2.45, 2.75) is 17.0 Å². The summed E-state index contributed by atoms with van der Waals surface area (Å²) in [6, 6.07) is 70.9. The quantitative estimate of drug-likeness (QED) is 0.110. The molecule has 3 spiro atoms. The van der Waals surface area contributed by atoms with Crippen molar-refractivity contribution < 1.29 is 41.6 Å². The third-order valence-electron chi connectivity index (χ3n) is 22.5. The summed E-state index contributed by atoms with van der Waals surface area (Å²) in [6.45, 7) is 0. The van der Waals surface area contributed by atoms with E-state index in [-0.39, 0.29) is 0 Å². The predicted octanol–water partition coefficient (Wildman–Crippen LogP) is 13.8. The summed E-state index contributed by atoms with van der Waals surface area (Å²) in [6.07, 6.45) is 22.6. The van der Waals surface area contributed by atoms with Crippen LogP contribution in [0.2, 0.25) is 0 Å². The molecule has 0 aliphatic carbocycles. The van der Waals surface area contributed by atoms with Crippen LogP contribution >= 0.6 is 0 Å². The molecule has 0 fully saturated rings. The number of hydrogen-bond donors (Lipinski definition) is 0. The van der Waals surface area contributed by atoms with Gasteiger partial charge in [0.2, 0.25) is 33.6 Å². The number of rotatable bonds is 0. The van der Waals surface area contributed by atoms with Crippen LogP contribution < -0.4 is 41.6 Å². The van der Waals surface area contributed by atoms with Crippen LogP contribution in [0, 0.1) is 0 Å². The van der Waals surface area contributed by atoms with Gasteiger partial charge in [0.25, 0.3) is 0 Å². The number of fused-ring (bicyclic) bond motifs is 15. The lowest BCUT2D eigenvalue weighted by Gasteiger charge is -2.25. The minimum absolute atomic E-state index is 0.498. The fourth-order valence-electron chi connectivity index (χ4n) is 19.5. The minimum Gasteiger partial charge on any atom is -0.456 e. The highest BCUT2D eigenvalue weighted by molar-refractivity contribution is 6.27. The maximum Gasteiger partial charge on any atom is 0.425 e. The Morgan fingerprint density at radius 1 is 0.250 bits per heavy atom. The Bertz CT molecular complexity index is 6280. The normalized spacial score (nSPS) is 18.4. The zero-order valence-electron chi connectivity index (χ0n) is 50.6. The summed E-state index contributed by atoms with van der Waals surface area (Å²) in [5.74, 6) is 5.54. The second-order valence-corrected chi connectivity index (χ2v) is 26.3. The molecule has 13 nitrogen and oxygen atoms in total. The second-order valence-electron chi connectivity index (χ2n) is 26.3. The molecule has 13 heteroatoms. The van der Waals surface area contributed by atoms with Gasteiger partial charge in [0.1, 0.15) is 40.0 Å². The molecule has 438 valence electrons. The molecule has 96 heavy (non-hydrogen) atoms. The van der Waals surface area contributed by atoms with Crippen LogP contribution in [0.1, 0.15) is 33.4 Å². The molecule has 27 rings (SSSR count). The van der Waals surface area contributed by atoms with Gasteiger partial charge in [-0.15, -0.1) is 27.4 Å². The van der Waals surface area contributed by atoms with Crippen molar-refractivity contribution in [1.82, 2.24) is 19.9 Å². The van der Waals surface area contributed by atoms with Crippen molar-refractivity contribution in [2.24, 2.45) is 0 Å². The molecule has 18 heterocycles. The highest BCUT2D eigenvalue weighted by Crippen LogP contribution is 2.62. The Hall–Kier alpha value is -13.0. The van der Waals surface area contributed by atoms with Crippen LogP contribution in [0.5, 0.6) is 34.5 Å². The summed E-state index contributed by atoms with van der Waals surface area (Å²) in [4.78, 5) is 18.8. The van der Waals surface area contributed by atoms with E-state index in [2.05, 4.69) is 264 Å². The van der Waals surface area contributed by atoms with E-state index in [0.717, 1.165) is 61.8 Å². The molecule has 0 saturated carbocycles. The average Bonchev–Trinajstić information content (AvgIpc) is 1.50. The molecule has 0 bridgehead atoms. The number of aromatic nitrogens is 10. The molecule has 9 aliphatic heterocycles. The predicted molar refractivity (Wildman–Crippen MR) is 360 cm³/mol. The number of benzene rings is 9. The minimum atomic E-state index is -0.533. The summed E-state index contributed by atoms with van der Waals surface area (Å²) < 4.78 is 34.4. The fourth-order valence-corrected chi connectivity index (χ4v) is 19.5. The Kier molecular flexibility index (Phi) is 8.25. The summed E-state index contributed by atoms with van der Waals surface area (Å²) in [7, 11) is 0. The topological polar surface area (TPSA) is 103 Å². The van der Waals surface area contributed by atoms with E-state index < -0.39 is 17.0 Å². The number of ether oxygens (including phenoxy) is 3. The standard InChI is InChI=1S/2C28H15N3O.C27H14N4O/c1-2-14-30-20(9-1)18-6-3-10-21-24(18)28(30)25-22(32-21)12-11-16-17-7-4-13-29-26(17)19-8-5-15-31(28)27(19)23(16)25;1-2-13-30-21(7-1)19-5-3-8-22-25(19)28(30)26-23(32-22)10-9-17-16-11-12-29-15-20(16)18-6-4-14-31(28)27(18)24(17)26;1-2-13-30-18(7-1)15-5-3-8-19-22(15)27(30)23-20(32-19)10-9-16-21(23)26-17(6-4-14-31(26)27)25-24(16)28-11-12-29-25/h2*1-15H;1-14H/q3*+2. The Morgan fingerprint density at radius 3 is 1.18 bits per heavy atom. The monoisotopic (exact) mass is 1230 g/mol. The molecule has 0 amide bonds. The van der Waals surface area contributed by atoms with Crippen LogP contribution in [0.3, 0.4) is 0 Å². The molecule has 9 aliphatic rings. The van der Waals surface area contributed by atoms with Gasteiger partial charge in [-0.1, -0.05) is 24.3 Å². The van der Waals surface area contributed by atoms with Crippen LogP contribution in [0.15, 0.2) is 268 Å². The van der Waals surface area contributed by atoms with Gasteiger partial charge in [0, 0.05) is 102 Å². The lowest BCUT2D eigenvalue weighted by Crippen LogP contribution is -2.71. The number of pyridine rings is 8. The smallest absolute Gasteiger partial charge is 0.425 e. The average molecular weight is 1230 g/mol. The Morgan fingerprint density at radius 2 is 0.656 bits per heavy atom. The van der Waals surface area contributed by atoms with Crippen molar-refractivity contribution in [2.75, 3.05) is 0 Å². The van der Waals surface area contributed by atoms with Gasteiger partial charge in [0.15, 0.2) is 70.6 Å². The van der Waals surface area contributed by atoms with E-state index in [1.165, 1.54) is 138 Å². The van der Waals surface area contributed by atoms with Crippen LogP contribution in [-0.4, -0.2) is 19.9 Å². The lowest BCUT2D eigenvalue weighted by atomic mass is 9.85. The van der Waals surface area contributed by atoms with Crippen LogP contribution in [0.4, 0.5) is 0 Å². The zero-order chi connectivity index (χ0) is 61.8. The molecule has 0 N–H and O–H groups in total. The molecule has 3 atom stereocenters. The fraction of sp³-hybridized carbons (Fsp3) is 0.0361. The SMILES string of the molecule is c1cc2c3c(c1)-c1cccc[n+]1C31c3c(ccc4c5cccnc5c5ccc[n+]1c5c34)O2.c1cc2c3c(c1)-c1cccc[n+]1C31c3c(ccc4c5ccncc5c5ccc[n+]1c5c34)O2.c1cc2c3c(c1)-c1cccc[n+]1C31c3c(ccc4c5nccnc5c5ccc[n+]1c5c34)O2. The molecule has 9 aromatic carbocycles. The van der Waals surface area contributed by atoms with E-state index >= 15 is 0 Å². The van der Waals surface area contributed by atoms with Crippen molar-refractivity contribution in [1.29, 1.82) is 0 Å². The number of hydrogen-bond acceptors (Lipinski definition) is 7. The van der Waals surface area contributed by atoms with E-state index in [1.54, 1.807) is 12.4 Å². The first kappa shape index (κ1) is 48.7. The molecular formula is C83H44N10O3+6. The highest BCUT2D eigenvalue weighted by atomic mass is 16.5. The first-order valence-corrected chi connectivity index (χ1v) is 32.6. The van der Waals surface area contributed by atoms with Gasteiger partial charge >= 0.3 is 17.0 Å². The van der Waals surface area contributed by atoms with Gasteiger partial charge in [0.05, 0.1) is 60.0 Å². The van der Waals surface area contributed by atoms with Crippen molar-refractivity contribution in [3.05, 3.63) is 302 Å². The van der Waals surface area contributed by atoms with Gasteiger partial charge < -0.3 is 14.2 Å². The van der Waals surface area contributed by atoms with Gasteiger partial charge in [-0.05, 0) is 137 Å². The number of nitrogens with zero attached hydrogens (tertiary/aromatic N) is 10. The summed E-state index contributed by atoms with van der Waals surface area (Å²) in [5.41, 5.74) is 19.6. The maximum atomic E-state index is 6.59. The van der Waals surface area contributed by atoms with Crippen molar-refractivity contribution in [3.63, 3.8) is 0 Å². The lowest BCUT2D eigenvalue weighted by molar-refractivity contribution is -0.950. The summed E-state index contributed by atoms with van der Waals surface area (Å²) in [5, 5.41) is 14.5. The van der Waals surface area contributed by atoms with Gasteiger partial charge in [-0.25, -0.2) is 0 Å². The molecule has 9 aromatic heterocycles. The first-order chi connectivity index (χ1) is 47.7. The largest absolute Gasteiger partial charge is 0.456 e. The zero-order valence-corrected chi connectivity index (χ0v) is 50.6. The first-order valence-electron chi connectivity index (χ1n) is 32.6. The Labute approximate surface area is 543 Å². The third kappa shape index (κ3) is 5.06. The summed E-state index contributed by atoms with van der Waals surface area (Å²) >= 11 is 0. The molecule has 0 saturated heterocycles. The van der Waals surface area contributed by atoms with E-state index in [1.807, 2.05) is 24.7 Å². The third-order valence-corrected chi connectivity index (χ3v) is 22.5. The Balaban J connectivity index is 0.0000000865. The maximum absolute atomic E-state index is 6.59. The van der Waals surface area contributed by atoms with Crippen molar-refractivity contribution >= 4 is 97.7 Å². The van der Waals surface area contributed by atoms with E-state index in [4.69, 9.17) is 29.2 Å². The highest BCUT2D eigenvalue weighted by Gasteiger charge is 2.73. The van der Waals surface area contributed by atoms with Crippen LogP contribution in [0.25, 0.3) is 132 Å². The van der Waals surface area contributed by atoms with E-state index in [0.29, 0.717) is 0 Å². The van der Waals surface area contributed by atoms with Crippen LogP contribution in [-0.2, 0) is 17.0 Å². The second kappa shape index (κ2) is 16.2. The van der Waals surface area contributed by atoms with E-state index in [9.17, 15) is 0 Å². The molecular weight excluding hydrogens is 1180 g/mol. The van der Waals surface area contributed by atoms with Gasteiger partial charge in [-0.2, -0.15) is 0 Å². The molecule has 3 unspecified atom stereocenters. The molecule has 18 aromatic rings.